The van der Waals surface area contributed by atoms with E-state index in [4.69, 9.17) is 4.98 Å². The fourth-order valence-electron chi connectivity index (χ4n) is 4.96. The Bertz CT molecular complexity index is 1190. The average molecular weight is 415 g/mol. The molecule has 2 aromatic heterocycles. The van der Waals surface area contributed by atoms with Gasteiger partial charge in [-0.15, -0.1) is 0 Å². The normalized spacial score (nSPS) is 20.1. The van der Waals surface area contributed by atoms with E-state index in [1.165, 1.54) is 17.2 Å². The van der Waals surface area contributed by atoms with Crippen molar-refractivity contribution in [1.29, 1.82) is 0 Å². The standard InChI is InChI=1S/C26H27FN4/c1-16-3-5-20(6-4-16)26-29-25(30-31-26)17(2)18-7-9-19(10-8-18)22-13-14-28-24-12-11-21(27)15-23(22)24/h3-6,11-15,17-19H,7-10H2,1-2H3,(H,29,30,31). The summed E-state index contributed by atoms with van der Waals surface area (Å²) in [5, 5.41) is 8.59. The molecule has 0 saturated heterocycles. The van der Waals surface area contributed by atoms with E-state index in [0.717, 1.165) is 53.8 Å². The van der Waals surface area contributed by atoms with Crippen LogP contribution in [0.25, 0.3) is 22.3 Å². The number of aromatic amines is 1. The zero-order valence-corrected chi connectivity index (χ0v) is 18.0. The maximum absolute atomic E-state index is 13.8. The van der Waals surface area contributed by atoms with Crippen LogP contribution in [0.3, 0.4) is 0 Å². The first-order valence-electron chi connectivity index (χ1n) is 11.1. The molecule has 1 atom stereocenters. The van der Waals surface area contributed by atoms with Crippen LogP contribution in [0.4, 0.5) is 4.39 Å². The molecular weight excluding hydrogens is 387 g/mol. The Morgan fingerprint density at radius 1 is 1.00 bits per heavy atom. The van der Waals surface area contributed by atoms with Crippen molar-refractivity contribution in [3.05, 3.63) is 77.5 Å². The van der Waals surface area contributed by atoms with Crippen molar-refractivity contribution in [2.75, 3.05) is 0 Å². The van der Waals surface area contributed by atoms with Gasteiger partial charge in [-0.25, -0.2) is 9.37 Å². The topological polar surface area (TPSA) is 54.5 Å². The number of hydrogen-bond acceptors (Lipinski definition) is 3. The summed E-state index contributed by atoms with van der Waals surface area (Å²) >= 11 is 0. The highest BCUT2D eigenvalue weighted by Gasteiger charge is 2.29. The Morgan fingerprint density at radius 3 is 2.55 bits per heavy atom. The van der Waals surface area contributed by atoms with Gasteiger partial charge in [-0.05, 0) is 74.3 Å². The number of nitrogens with one attached hydrogen (secondary N) is 1. The first-order valence-corrected chi connectivity index (χ1v) is 11.1. The first-order chi connectivity index (χ1) is 15.1. The second-order valence-corrected chi connectivity index (χ2v) is 8.87. The van der Waals surface area contributed by atoms with Crippen LogP contribution in [-0.2, 0) is 0 Å². The lowest BCUT2D eigenvalue weighted by molar-refractivity contribution is 0.286. The van der Waals surface area contributed by atoms with Crippen molar-refractivity contribution in [2.45, 2.75) is 51.4 Å². The minimum Gasteiger partial charge on any atom is -0.262 e. The number of rotatable bonds is 4. The van der Waals surface area contributed by atoms with Crippen molar-refractivity contribution in [2.24, 2.45) is 5.92 Å². The van der Waals surface area contributed by atoms with Gasteiger partial charge in [0.05, 0.1) is 5.52 Å². The van der Waals surface area contributed by atoms with Crippen LogP contribution in [0.2, 0.25) is 0 Å². The van der Waals surface area contributed by atoms with Crippen LogP contribution < -0.4 is 0 Å². The minimum atomic E-state index is -0.196. The molecule has 158 valence electrons. The number of benzene rings is 2. The maximum atomic E-state index is 13.8. The molecule has 0 bridgehead atoms. The monoisotopic (exact) mass is 414 g/mol. The molecule has 1 aliphatic carbocycles. The molecule has 1 fully saturated rings. The van der Waals surface area contributed by atoms with Gasteiger partial charge in [-0.2, -0.15) is 5.10 Å². The molecule has 2 heterocycles. The van der Waals surface area contributed by atoms with Crippen LogP contribution in [0.5, 0.6) is 0 Å². The third-order valence-corrected chi connectivity index (χ3v) is 6.90. The lowest BCUT2D eigenvalue weighted by Crippen LogP contribution is -2.19. The van der Waals surface area contributed by atoms with Crippen molar-refractivity contribution < 1.29 is 4.39 Å². The van der Waals surface area contributed by atoms with Gasteiger partial charge in [0.25, 0.3) is 0 Å². The molecule has 0 spiro atoms. The molecule has 4 nitrogen and oxygen atoms in total. The Labute approximate surface area is 182 Å². The zero-order chi connectivity index (χ0) is 21.4. The van der Waals surface area contributed by atoms with Crippen molar-refractivity contribution >= 4 is 10.9 Å². The quantitative estimate of drug-likeness (QED) is 0.412. The van der Waals surface area contributed by atoms with Crippen LogP contribution >= 0.6 is 0 Å². The van der Waals surface area contributed by atoms with Gasteiger partial charge < -0.3 is 0 Å². The summed E-state index contributed by atoms with van der Waals surface area (Å²) in [6, 6.07) is 15.3. The first kappa shape index (κ1) is 19.9. The predicted molar refractivity (Wildman–Crippen MR) is 121 cm³/mol. The van der Waals surface area contributed by atoms with Crippen molar-refractivity contribution in [1.82, 2.24) is 20.2 Å². The molecule has 31 heavy (non-hydrogen) atoms. The van der Waals surface area contributed by atoms with Gasteiger partial charge in [0.15, 0.2) is 5.82 Å². The maximum Gasteiger partial charge on any atom is 0.181 e. The number of halogens is 1. The highest BCUT2D eigenvalue weighted by atomic mass is 19.1. The molecule has 0 radical (unpaired) electrons. The highest BCUT2D eigenvalue weighted by molar-refractivity contribution is 5.82. The molecule has 1 N–H and O–H groups in total. The number of H-pyrrole nitrogens is 1. The highest BCUT2D eigenvalue weighted by Crippen LogP contribution is 2.42. The molecule has 1 unspecified atom stereocenters. The predicted octanol–water partition coefficient (Wildman–Crippen LogP) is 6.54. The fourth-order valence-corrected chi connectivity index (χ4v) is 4.96. The molecule has 5 heteroatoms. The van der Waals surface area contributed by atoms with Crippen LogP contribution in [0, 0.1) is 18.7 Å². The van der Waals surface area contributed by atoms with E-state index in [9.17, 15) is 4.39 Å². The second-order valence-electron chi connectivity index (χ2n) is 8.87. The van der Waals surface area contributed by atoms with E-state index in [2.05, 4.69) is 59.4 Å². The summed E-state index contributed by atoms with van der Waals surface area (Å²) in [5.74, 6) is 2.89. The summed E-state index contributed by atoms with van der Waals surface area (Å²) < 4.78 is 13.8. The fraction of sp³-hybridized carbons (Fsp3) is 0.346. The summed E-state index contributed by atoms with van der Waals surface area (Å²) in [5.41, 5.74) is 4.38. The van der Waals surface area contributed by atoms with Crippen molar-refractivity contribution in [3.63, 3.8) is 0 Å². The lowest BCUT2D eigenvalue weighted by atomic mass is 9.73. The molecular formula is C26H27FN4. The van der Waals surface area contributed by atoms with Gasteiger partial charge in [-0.3, -0.25) is 10.1 Å². The molecule has 2 aromatic carbocycles. The van der Waals surface area contributed by atoms with Gasteiger partial charge in [-0.1, -0.05) is 36.8 Å². The molecule has 0 amide bonds. The number of nitrogens with zero attached hydrogens (tertiary/aromatic N) is 3. The van der Waals surface area contributed by atoms with Gasteiger partial charge >= 0.3 is 0 Å². The molecule has 1 saturated carbocycles. The minimum absolute atomic E-state index is 0.196. The van der Waals surface area contributed by atoms with Gasteiger partial charge in [0.1, 0.15) is 11.6 Å². The summed E-state index contributed by atoms with van der Waals surface area (Å²) in [7, 11) is 0. The molecule has 0 aliphatic heterocycles. The molecule has 5 rings (SSSR count). The van der Waals surface area contributed by atoms with Gasteiger partial charge in [0, 0.05) is 23.1 Å². The van der Waals surface area contributed by atoms with Gasteiger partial charge in [0.2, 0.25) is 0 Å². The number of fused-ring (bicyclic) bond motifs is 1. The Kier molecular flexibility index (Phi) is 5.26. The SMILES string of the molecule is Cc1ccc(-c2n[nH]c(C(C)C3CCC(c4ccnc5ccc(F)cc45)CC3)n2)cc1. The third-order valence-electron chi connectivity index (χ3n) is 6.90. The smallest absolute Gasteiger partial charge is 0.181 e. The zero-order valence-electron chi connectivity index (χ0n) is 18.0. The van der Waals surface area contributed by atoms with E-state index in [0.29, 0.717) is 17.8 Å². The van der Waals surface area contributed by atoms with E-state index in [1.54, 1.807) is 12.1 Å². The van der Waals surface area contributed by atoms with Crippen LogP contribution in [0.1, 0.15) is 61.4 Å². The Morgan fingerprint density at radius 2 is 1.77 bits per heavy atom. The average Bonchev–Trinajstić information content (AvgIpc) is 3.29. The third kappa shape index (κ3) is 3.97. The van der Waals surface area contributed by atoms with E-state index in [-0.39, 0.29) is 5.82 Å². The van der Waals surface area contributed by atoms with E-state index in [1.807, 2.05) is 6.20 Å². The molecule has 1 aliphatic rings. The summed E-state index contributed by atoms with van der Waals surface area (Å²) in [6.07, 6.45) is 6.32. The van der Waals surface area contributed by atoms with Crippen molar-refractivity contribution in [3.8, 4) is 11.4 Å². The number of aryl methyl sites for hydroxylation is 1. The van der Waals surface area contributed by atoms with E-state index < -0.39 is 0 Å². The summed E-state index contributed by atoms with van der Waals surface area (Å²) in [4.78, 5) is 9.20. The van der Waals surface area contributed by atoms with Crippen LogP contribution in [0.15, 0.2) is 54.7 Å². The Balaban J connectivity index is 1.29. The van der Waals surface area contributed by atoms with Crippen LogP contribution in [-0.4, -0.2) is 20.2 Å². The largest absolute Gasteiger partial charge is 0.262 e. The Hall–Kier alpha value is -3.08. The van der Waals surface area contributed by atoms with E-state index >= 15 is 0 Å². The second kappa shape index (κ2) is 8.22. The summed E-state index contributed by atoms with van der Waals surface area (Å²) in [6.45, 7) is 4.33. The molecule has 4 aromatic rings. The lowest BCUT2D eigenvalue weighted by Gasteiger charge is -2.32. The number of pyridine rings is 1. The number of aromatic nitrogens is 4. The number of hydrogen-bond donors (Lipinski definition) is 1.